The first-order chi connectivity index (χ1) is 13.9. The van der Waals surface area contributed by atoms with Gasteiger partial charge >= 0.3 is 12.0 Å². The van der Waals surface area contributed by atoms with Gasteiger partial charge in [0.2, 0.25) is 6.79 Å². The number of hydrogen-bond donors (Lipinski definition) is 3. The Bertz CT molecular complexity index is 902. The third-order valence-electron chi connectivity index (χ3n) is 4.21. The van der Waals surface area contributed by atoms with Gasteiger partial charge in [0.1, 0.15) is 0 Å². The van der Waals surface area contributed by atoms with Crippen molar-refractivity contribution in [1.29, 1.82) is 0 Å². The summed E-state index contributed by atoms with van der Waals surface area (Å²) >= 11 is 0. The summed E-state index contributed by atoms with van der Waals surface area (Å²) in [5.41, 5.74) is 6.38. The highest BCUT2D eigenvalue weighted by Gasteiger charge is 2.23. The first-order valence-corrected chi connectivity index (χ1v) is 8.93. The van der Waals surface area contributed by atoms with Crippen LogP contribution in [-0.4, -0.2) is 30.8 Å². The lowest BCUT2D eigenvalue weighted by Gasteiger charge is -2.19. The molecule has 3 rings (SSSR count). The molecule has 0 unspecified atom stereocenters. The van der Waals surface area contributed by atoms with Crippen LogP contribution in [-0.2, 0) is 14.3 Å². The number of amides is 3. The van der Waals surface area contributed by atoms with Crippen molar-refractivity contribution in [3.8, 4) is 11.5 Å². The molecule has 9 heteroatoms. The lowest BCUT2D eigenvalue weighted by molar-refractivity contribution is -0.153. The van der Waals surface area contributed by atoms with E-state index in [1.54, 1.807) is 42.5 Å². The minimum atomic E-state index is -1.04. The summed E-state index contributed by atoms with van der Waals surface area (Å²) in [5.74, 6) is -0.0377. The SMILES string of the molecule is C[C@H](OC(=O)C[C@@H](NC(N)=O)c1ccccc1)C(=O)Nc1ccc2c(c1)OCO2. The highest BCUT2D eigenvalue weighted by Crippen LogP contribution is 2.34. The second-order valence-electron chi connectivity index (χ2n) is 6.37. The van der Waals surface area contributed by atoms with Crippen LogP contribution < -0.4 is 25.8 Å². The maximum Gasteiger partial charge on any atom is 0.312 e. The molecule has 1 aliphatic heterocycles. The summed E-state index contributed by atoms with van der Waals surface area (Å²) < 4.78 is 15.7. The van der Waals surface area contributed by atoms with Gasteiger partial charge in [-0.2, -0.15) is 0 Å². The van der Waals surface area contributed by atoms with Crippen molar-refractivity contribution in [2.45, 2.75) is 25.5 Å². The Morgan fingerprint density at radius 3 is 2.55 bits per heavy atom. The van der Waals surface area contributed by atoms with Gasteiger partial charge in [0, 0.05) is 11.8 Å². The third kappa shape index (κ3) is 5.38. The van der Waals surface area contributed by atoms with Gasteiger partial charge in [-0.15, -0.1) is 0 Å². The molecule has 2 atom stereocenters. The number of ether oxygens (including phenoxy) is 3. The van der Waals surface area contributed by atoms with Gasteiger partial charge in [0.05, 0.1) is 12.5 Å². The van der Waals surface area contributed by atoms with Crippen molar-refractivity contribution in [3.05, 3.63) is 54.1 Å². The van der Waals surface area contributed by atoms with Crippen molar-refractivity contribution < 1.29 is 28.6 Å². The molecule has 9 nitrogen and oxygen atoms in total. The number of fused-ring (bicyclic) bond motifs is 1. The van der Waals surface area contributed by atoms with Crippen molar-refractivity contribution in [2.75, 3.05) is 12.1 Å². The predicted molar refractivity (Wildman–Crippen MR) is 103 cm³/mol. The van der Waals surface area contributed by atoms with Gasteiger partial charge in [0.25, 0.3) is 5.91 Å². The number of urea groups is 1. The maximum absolute atomic E-state index is 12.3. The molecule has 0 saturated heterocycles. The smallest absolute Gasteiger partial charge is 0.312 e. The molecule has 0 radical (unpaired) electrons. The molecule has 0 aliphatic carbocycles. The first kappa shape index (κ1) is 20.0. The lowest BCUT2D eigenvalue weighted by Crippen LogP contribution is -2.36. The minimum absolute atomic E-state index is 0.128. The Hall–Kier alpha value is -3.75. The number of primary amides is 1. The number of anilines is 1. The zero-order valence-electron chi connectivity index (χ0n) is 15.7. The number of esters is 1. The molecular weight excluding hydrogens is 378 g/mol. The number of carbonyl (C=O) groups excluding carboxylic acids is 3. The van der Waals surface area contributed by atoms with Crippen LogP contribution in [0.25, 0.3) is 0 Å². The second kappa shape index (κ2) is 8.96. The largest absolute Gasteiger partial charge is 0.454 e. The standard InChI is InChI=1S/C20H21N3O6/c1-12(19(25)22-14-7-8-16-17(9-14)28-11-27-16)29-18(24)10-15(23-20(21)26)13-5-3-2-4-6-13/h2-9,12,15H,10-11H2,1H3,(H,22,25)(H3,21,23,26)/t12-,15+/m0/s1. The van der Waals surface area contributed by atoms with Crippen molar-refractivity contribution in [1.82, 2.24) is 5.32 Å². The zero-order valence-corrected chi connectivity index (χ0v) is 15.7. The van der Waals surface area contributed by atoms with Gasteiger partial charge in [-0.3, -0.25) is 9.59 Å². The van der Waals surface area contributed by atoms with Gasteiger partial charge in [-0.05, 0) is 24.6 Å². The molecule has 0 spiro atoms. The molecule has 4 N–H and O–H groups in total. The quantitative estimate of drug-likeness (QED) is 0.612. The number of hydrogen-bond acceptors (Lipinski definition) is 6. The van der Waals surface area contributed by atoms with E-state index in [1.165, 1.54) is 6.92 Å². The Morgan fingerprint density at radius 2 is 1.83 bits per heavy atom. The average Bonchev–Trinajstić information content (AvgIpc) is 3.15. The Labute approximate surface area is 167 Å². The number of rotatable bonds is 7. The molecule has 0 aromatic heterocycles. The topological polar surface area (TPSA) is 129 Å². The summed E-state index contributed by atoms with van der Waals surface area (Å²) in [6.45, 7) is 1.59. The van der Waals surface area contributed by atoms with Crippen LogP contribution in [0.5, 0.6) is 11.5 Å². The van der Waals surface area contributed by atoms with Crippen molar-refractivity contribution >= 4 is 23.6 Å². The summed E-state index contributed by atoms with van der Waals surface area (Å²) in [7, 11) is 0. The van der Waals surface area contributed by atoms with E-state index in [2.05, 4.69) is 10.6 Å². The van der Waals surface area contributed by atoms with Gasteiger partial charge in [-0.1, -0.05) is 30.3 Å². The van der Waals surface area contributed by atoms with E-state index in [0.29, 0.717) is 22.7 Å². The monoisotopic (exact) mass is 399 g/mol. The molecule has 0 saturated carbocycles. The van der Waals surface area contributed by atoms with E-state index in [1.807, 2.05) is 6.07 Å². The number of nitrogens with two attached hydrogens (primary N) is 1. The Kier molecular flexibility index (Phi) is 6.18. The molecule has 1 aliphatic rings. The van der Waals surface area contributed by atoms with E-state index < -0.39 is 30.1 Å². The van der Waals surface area contributed by atoms with Crippen LogP contribution in [0.3, 0.4) is 0 Å². The molecule has 3 amide bonds. The average molecular weight is 399 g/mol. The van der Waals surface area contributed by atoms with E-state index in [9.17, 15) is 14.4 Å². The van der Waals surface area contributed by atoms with Crippen LogP contribution in [0.1, 0.15) is 24.9 Å². The Morgan fingerprint density at radius 1 is 1.10 bits per heavy atom. The van der Waals surface area contributed by atoms with Crippen LogP contribution in [0.4, 0.5) is 10.5 Å². The highest BCUT2D eigenvalue weighted by molar-refractivity contribution is 5.95. The van der Waals surface area contributed by atoms with Crippen molar-refractivity contribution in [2.24, 2.45) is 5.73 Å². The van der Waals surface area contributed by atoms with Gasteiger partial charge in [-0.25, -0.2) is 4.79 Å². The fraction of sp³-hybridized carbons (Fsp3) is 0.250. The fourth-order valence-electron chi connectivity index (χ4n) is 2.79. The fourth-order valence-corrected chi connectivity index (χ4v) is 2.79. The van der Waals surface area contributed by atoms with Crippen LogP contribution in [0.2, 0.25) is 0 Å². The highest BCUT2D eigenvalue weighted by atomic mass is 16.7. The summed E-state index contributed by atoms with van der Waals surface area (Å²) in [6, 6.07) is 12.4. The molecule has 152 valence electrons. The molecule has 0 bridgehead atoms. The second-order valence-corrected chi connectivity index (χ2v) is 6.37. The van der Waals surface area contributed by atoms with E-state index in [4.69, 9.17) is 19.9 Å². The number of nitrogens with one attached hydrogen (secondary N) is 2. The van der Waals surface area contributed by atoms with Crippen molar-refractivity contribution in [3.63, 3.8) is 0 Å². The summed E-state index contributed by atoms with van der Waals surface area (Å²) in [6.07, 6.45) is -1.22. The Balaban J connectivity index is 1.57. The molecule has 29 heavy (non-hydrogen) atoms. The molecule has 2 aromatic carbocycles. The van der Waals surface area contributed by atoms with E-state index >= 15 is 0 Å². The van der Waals surface area contributed by atoms with Crippen LogP contribution in [0, 0.1) is 0 Å². The first-order valence-electron chi connectivity index (χ1n) is 8.93. The van der Waals surface area contributed by atoms with Crippen LogP contribution in [0.15, 0.2) is 48.5 Å². The minimum Gasteiger partial charge on any atom is -0.454 e. The number of benzene rings is 2. The number of carbonyl (C=O) groups is 3. The van der Waals surface area contributed by atoms with Gasteiger partial charge in [0.15, 0.2) is 17.6 Å². The lowest BCUT2D eigenvalue weighted by atomic mass is 10.0. The normalized spacial score (nSPS) is 13.8. The maximum atomic E-state index is 12.3. The van der Waals surface area contributed by atoms with Gasteiger partial charge < -0.3 is 30.6 Å². The molecule has 0 fully saturated rings. The summed E-state index contributed by atoms with van der Waals surface area (Å²) in [4.78, 5) is 35.9. The zero-order chi connectivity index (χ0) is 20.8. The molecule has 1 heterocycles. The molecule has 2 aromatic rings. The molecular formula is C20H21N3O6. The predicted octanol–water partition coefficient (Wildman–Crippen LogP) is 2.09. The van der Waals surface area contributed by atoms with E-state index in [-0.39, 0.29) is 13.2 Å². The van der Waals surface area contributed by atoms with E-state index in [0.717, 1.165) is 0 Å². The van der Waals surface area contributed by atoms with Crippen LogP contribution >= 0.6 is 0 Å². The third-order valence-corrected chi connectivity index (χ3v) is 4.21. The summed E-state index contributed by atoms with van der Waals surface area (Å²) in [5, 5.41) is 5.16.